The topological polar surface area (TPSA) is 54.0 Å². The highest BCUT2D eigenvalue weighted by Gasteiger charge is 2.09. The smallest absolute Gasteiger partial charge is 0.221 e. The number of hydrogen-bond acceptors (Lipinski definition) is 5. The van der Waals surface area contributed by atoms with E-state index in [-0.39, 0.29) is 5.91 Å². The quantitative estimate of drug-likeness (QED) is 0.622. The lowest BCUT2D eigenvalue weighted by atomic mass is 10.1. The number of anilines is 2. The van der Waals surface area contributed by atoms with Crippen molar-refractivity contribution >= 4 is 39.8 Å². The monoisotopic (exact) mass is 319 g/mol. The van der Waals surface area contributed by atoms with Gasteiger partial charge in [0.1, 0.15) is 0 Å². The molecule has 1 aromatic heterocycles. The van der Waals surface area contributed by atoms with Crippen LogP contribution in [0.4, 0.5) is 10.8 Å². The largest absolute Gasteiger partial charge is 0.358 e. The third-order valence-electron chi connectivity index (χ3n) is 2.71. The molecule has 0 saturated carbocycles. The van der Waals surface area contributed by atoms with Gasteiger partial charge in [-0.2, -0.15) is 0 Å². The zero-order chi connectivity index (χ0) is 15.2. The molecule has 1 aromatic carbocycles. The van der Waals surface area contributed by atoms with E-state index in [1.54, 1.807) is 29.2 Å². The van der Waals surface area contributed by atoms with E-state index in [2.05, 4.69) is 22.2 Å². The van der Waals surface area contributed by atoms with E-state index >= 15 is 0 Å². The number of nitrogens with zero attached hydrogens (tertiary/aromatic N) is 1. The lowest BCUT2D eigenvalue weighted by Gasteiger charge is -2.09. The number of thioether (sulfide) groups is 1. The van der Waals surface area contributed by atoms with E-state index in [0.29, 0.717) is 6.54 Å². The third-order valence-corrected chi connectivity index (χ3v) is 4.30. The van der Waals surface area contributed by atoms with E-state index < -0.39 is 0 Å². The predicted molar refractivity (Wildman–Crippen MR) is 92.3 cm³/mol. The Kier molecular flexibility index (Phi) is 5.41. The van der Waals surface area contributed by atoms with Crippen molar-refractivity contribution in [2.75, 3.05) is 23.4 Å². The lowest BCUT2D eigenvalue weighted by molar-refractivity contribution is -0.114. The van der Waals surface area contributed by atoms with Crippen molar-refractivity contribution < 1.29 is 4.79 Å². The van der Waals surface area contributed by atoms with Crippen molar-refractivity contribution in [2.45, 2.75) is 11.8 Å². The Morgan fingerprint density at radius 2 is 2.33 bits per heavy atom. The summed E-state index contributed by atoms with van der Waals surface area (Å²) in [7, 11) is 0. The standard InChI is InChI=1S/C15H17N3OS2/c1-4-7-16-15-18-13(9-21-15)11-5-6-14(20-3)12(8-11)17-10(2)19/h4-6,8-9H,1,7H2,2-3H3,(H,16,18)(H,17,19). The Balaban J connectivity index is 2.28. The highest BCUT2D eigenvalue weighted by molar-refractivity contribution is 7.98. The number of amides is 1. The third kappa shape index (κ3) is 4.09. The van der Waals surface area contributed by atoms with Crippen molar-refractivity contribution in [2.24, 2.45) is 0 Å². The first-order valence-corrected chi connectivity index (χ1v) is 8.50. The summed E-state index contributed by atoms with van der Waals surface area (Å²) in [6.45, 7) is 5.87. The molecule has 0 bridgehead atoms. The number of benzene rings is 1. The SMILES string of the molecule is C=CCNc1nc(-c2ccc(SC)c(NC(C)=O)c2)cs1. The number of carbonyl (C=O) groups is 1. The Bertz CT molecular complexity index is 652. The molecule has 6 heteroatoms. The van der Waals surface area contributed by atoms with Crippen molar-refractivity contribution in [1.82, 2.24) is 4.98 Å². The van der Waals surface area contributed by atoms with E-state index in [1.807, 2.05) is 29.8 Å². The fraction of sp³-hybridized carbons (Fsp3) is 0.200. The molecule has 4 nitrogen and oxygen atoms in total. The fourth-order valence-electron chi connectivity index (χ4n) is 1.80. The van der Waals surface area contributed by atoms with Gasteiger partial charge in [-0.15, -0.1) is 29.7 Å². The molecule has 21 heavy (non-hydrogen) atoms. The molecule has 1 heterocycles. The van der Waals surface area contributed by atoms with Gasteiger partial charge in [0, 0.05) is 29.3 Å². The molecular formula is C15H17N3OS2. The van der Waals surface area contributed by atoms with Crippen LogP contribution < -0.4 is 10.6 Å². The average molecular weight is 319 g/mol. The molecule has 2 rings (SSSR count). The van der Waals surface area contributed by atoms with Crippen LogP contribution in [0.1, 0.15) is 6.92 Å². The summed E-state index contributed by atoms with van der Waals surface area (Å²) >= 11 is 3.15. The van der Waals surface area contributed by atoms with Gasteiger partial charge in [-0.05, 0) is 18.4 Å². The Morgan fingerprint density at radius 3 is 3.00 bits per heavy atom. The zero-order valence-electron chi connectivity index (χ0n) is 12.0. The second kappa shape index (κ2) is 7.28. The van der Waals surface area contributed by atoms with Crippen LogP contribution in [0.5, 0.6) is 0 Å². The first-order valence-electron chi connectivity index (χ1n) is 6.40. The van der Waals surface area contributed by atoms with Crippen LogP contribution in [0.3, 0.4) is 0 Å². The van der Waals surface area contributed by atoms with Crippen molar-refractivity contribution in [3.63, 3.8) is 0 Å². The van der Waals surface area contributed by atoms with Gasteiger partial charge >= 0.3 is 0 Å². The summed E-state index contributed by atoms with van der Waals surface area (Å²) in [4.78, 5) is 16.9. The van der Waals surface area contributed by atoms with Crippen LogP contribution in [-0.2, 0) is 4.79 Å². The van der Waals surface area contributed by atoms with Gasteiger partial charge < -0.3 is 10.6 Å². The maximum Gasteiger partial charge on any atom is 0.221 e. The van der Waals surface area contributed by atoms with Gasteiger partial charge in [0.05, 0.1) is 11.4 Å². The first kappa shape index (κ1) is 15.6. The second-order valence-electron chi connectivity index (χ2n) is 4.30. The molecule has 0 radical (unpaired) electrons. The second-order valence-corrected chi connectivity index (χ2v) is 6.01. The van der Waals surface area contributed by atoms with Crippen LogP contribution >= 0.6 is 23.1 Å². The van der Waals surface area contributed by atoms with Gasteiger partial charge in [-0.1, -0.05) is 12.1 Å². The Labute approximate surface area is 132 Å². The highest BCUT2D eigenvalue weighted by atomic mass is 32.2. The molecule has 0 saturated heterocycles. The van der Waals surface area contributed by atoms with Gasteiger partial charge in [0.25, 0.3) is 0 Å². The number of rotatable bonds is 6. The number of hydrogen-bond donors (Lipinski definition) is 2. The summed E-state index contributed by atoms with van der Waals surface area (Å²) < 4.78 is 0. The van der Waals surface area contributed by atoms with Gasteiger partial charge in [0.15, 0.2) is 5.13 Å². The van der Waals surface area contributed by atoms with Gasteiger partial charge in [-0.25, -0.2) is 4.98 Å². The van der Waals surface area contributed by atoms with Crippen LogP contribution in [0.2, 0.25) is 0 Å². The number of nitrogens with one attached hydrogen (secondary N) is 2. The molecule has 0 aliphatic carbocycles. The molecule has 2 N–H and O–H groups in total. The maximum atomic E-state index is 11.3. The molecule has 0 aliphatic rings. The minimum atomic E-state index is -0.0749. The number of aromatic nitrogens is 1. The molecule has 2 aromatic rings. The van der Waals surface area contributed by atoms with Crippen LogP contribution in [0.25, 0.3) is 11.3 Å². The minimum absolute atomic E-state index is 0.0749. The molecule has 0 atom stereocenters. The molecule has 0 fully saturated rings. The van der Waals surface area contributed by atoms with Crippen LogP contribution in [0.15, 0.2) is 41.1 Å². The summed E-state index contributed by atoms with van der Waals surface area (Å²) in [6.07, 6.45) is 3.78. The molecule has 1 amide bonds. The normalized spacial score (nSPS) is 10.2. The van der Waals surface area contributed by atoms with Crippen molar-refractivity contribution in [3.05, 3.63) is 36.2 Å². The van der Waals surface area contributed by atoms with Crippen LogP contribution in [-0.4, -0.2) is 23.7 Å². The highest BCUT2D eigenvalue weighted by Crippen LogP contribution is 2.32. The Hall–Kier alpha value is -1.79. The van der Waals surface area contributed by atoms with Gasteiger partial charge in [0.2, 0.25) is 5.91 Å². The van der Waals surface area contributed by atoms with Crippen molar-refractivity contribution in [1.29, 1.82) is 0 Å². The zero-order valence-corrected chi connectivity index (χ0v) is 13.6. The molecule has 110 valence electrons. The summed E-state index contributed by atoms with van der Waals surface area (Å²) in [5, 5.41) is 8.89. The summed E-state index contributed by atoms with van der Waals surface area (Å²) in [5.74, 6) is -0.0749. The van der Waals surface area contributed by atoms with E-state index in [0.717, 1.165) is 27.0 Å². The first-order chi connectivity index (χ1) is 10.1. The van der Waals surface area contributed by atoms with E-state index in [4.69, 9.17) is 0 Å². The summed E-state index contributed by atoms with van der Waals surface area (Å²) in [6, 6.07) is 5.98. The Morgan fingerprint density at radius 1 is 1.52 bits per heavy atom. The number of carbonyl (C=O) groups excluding carboxylic acids is 1. The van der Waals surface area contributed by atoms with E-state index in [1.165, 1.54) is 6.92 Å². The van der Waals surface area contributed by atoms with Crippen LogP contribution in [0, 0.1) is 0 Å². The molecule has 0 spiro atoms. The fourth-order valence-corrected chi connectivity index (χ4v) is 3.07. The average Bonchev–Trinajstić information content (AvgIpc) is 2.93. The lowest BCUT2D eigenvalue weighted by Crippen LogP contribution is -2.06. The summed E-state index contributed by atoms with van der Waals surface area (Å²) in [5.41, 5.74) is 2.70. The molecule has 0 unspecified atom stereocenters. The van der Waals surface area contributed by atoms with Gasteiger partial charge in [-0.3, -0.25) is 4.79 Å². The maximum absolute atomic E-state index is 11.3. The van der Waals surface area contributed by atoms with E-state index in [9.17, 15) is 4.79 Å². The molecular weight excluding hydrogens is 302 g/mol. The predicted octanol–water partition coefficient (Wildman–Crippen LogP) is 4.09. The molecule has 0 aliphatic heterocycles. The minimum Gasteiger partial charge on any atom is -0.358 e. The number of thiazole rings is 1. The van der Waals surface area contributed by atoms with Crippen molar-refractivity contribution in [3.8, 4) is 11.3 Å².